The first kappa shape index (κ1) is 12.8. The van der Waals surface area contributed by atoms with Crippen LogP contribution in [0, 0.1) is 5.41 Å². The Labute approximate surface area is 88.4 Å². The third kappa shape index (κ3) is 3.99. The molecule has 5 heteroatoms. The van der Waals surface area contributed by atoms with E-state index in [1.54, 1.807) is 0 Å². The Kier molecular flexibility index (Phi) is 4.00. The lowest BCUT2D eigenvalue weighted by Crippen LogP contribution is -2.43. The molecule has 0 aromatic rings. The molecular weight excluding hydrogens is 205 g/mol. The highest BCUT2D eigenvalue weighted by Crippen LogP contribution is 2.35. The van der Waals surface area contributed by atoms with Crippen molar-refractivity contribution < 1.29 is 13.2 Å². The standard InChI is InChI=1S/C10H19F3N2/c1-9(4-2-3-8(9)14)7-15-6-5-10(11,12)13/h8,15H,2-7,14H2,1H3. The summed E-state index contributed by atoms with van der Waals surface area (Å²) in [6, 6.07) is 0.121. The van der Waals surface area contributed by atoms with E-state index in [0.29, 0.717) is 6.54 Å². The van der Waals surface area contributed by atoms with Gasteiger partial charge in [0.2, 0.25) is 0 Å². The molecule has 3 N–H and O–H groups in total. The summed E-state index contributed by atoms with van der Waals surface area (Å²) in [4.78, 5) is 0. The molecule has 0 radical (unpaired) electrons. The number of halogens is 3. The average Bonchev–Trinajstić information content (AvgIpc) is 2.41. The molecule has 1 aliphatic carbocycles. The number of nitrogens with one attached hydrogen (secondary N) is 1. The van der Waals surface area contributed by atoms with Gasteiger partial charge in [0, 0.05) is 19.1 Å². The van der Waals surface area contributed by atoms with E-state index >= 15 is 0 Å². The normalized spacial score (nSPS) is 32.2. The van der Waals surface area contributed by atoms with E-state index in [0.717, 1.165) is 19.3 Å². The smallest absolute Gasteiger partial charge is 0.327 e. The van der Waals surface area contributed by atoms with Crippen LogP contribution in [0.5, 0.6) is 0 Å². The van der Waals surface area contributed by atoms with E-state index in [2.05, 4.69) is 5.32 Å². The van der Waals surface area contributed by atoms with Gasteiger partial charge in [-0.1, -0.05) is 13.3 Å². The van der Waals surface area contributed by atoms with Crippen molar-refractivity contribution in [2.24, 2.45) is 11.1 Å². The molecule has 2 unspecified atom stereocenters. The molecule has 1 fully saturated rings. The minimum absolute atomic E-state index is 0.00813. The lowest BCUT2D eigenvalue weighted by atomic mass is 9.85. The zero-order valence-electron chi connectivity index (χ0n) is 9.03. The van der Waals surface area contributed by atoms with E-state index in [4.69, 9.17) is 5.73 Å². The minimum Gasteiger partial charge on any atom is -0.327 e. The monoisotopic (exact) mass is 224 g/mol. The van der Waals surface area contributed by atoms with E-state index in [9.17, 15) is 13.2 Å². The van der Waals surface area contributed by atoms with Gasteiger partial charge in [0.25, 0.3) is 0 Å². The van der Waals surface area contributed by atoms with E-state index < -0.39 is 12.6 Å². The van der Waals surface area contributed by atoms with Gasteiger partial charge in [-0.15, -0.1) is 0 Å². The molecule has 0 spiro atoms. The summed E-state index contributed by atoms with van der Waals surface area (Å²) in [5.41, 5.74) is 5.90. The lowest BCUT2D eigenvalue weighted by Gasteiger charge is -2.29. The topological polar surface area (TPSA) is 38.0 Å². The van der Waals surface area contributed by atoms with Gasteiger partial charge in [-0.25, -0.2) is 0 Å². The highest BCUT2D eigenvalue weighted by atomic mass is 19.4. The Balaban J connectivity index is 2.20. The molecule has 1 saturated carbocycles. The maximum absolute atomic E-state index is 11.9. The summed E-state index contributed by atoms with van der Waals surface area (Å²) in [6.07, 6.45) is -1.76. The maximum atomic E-state index is 11.9. The maximum Gasteiger partial charge on any atom is 0.390 e. The van der Waals surface area contributed by atoms with Crippen molar-refractivity contribution in [3.8, 4) is 0 Å². The number of alkyl halides is 3. The van der Waals surface area contributed by atoms with Gasteiger partial charge in [0.1, 0.15) is 0 Å². The molecule has 2 atom stereocenters. The van der Waals surface area contributed by atoms with Crippen molar-refractivity contribution in [3.63, 3.8) is 0 Å². The molecule has 0 heterocycles. The number of hydrogen-bond acceptors (Lipinski definition) is 2. The Hall–Kier alpha value is -0.290. The third-order valence-corrected chi connectivity index (χ3v) is 3.27. The van der Waals surface area contributed by atoms with Gasteiger partial charge >= 0.3 is 6.18 Å². The van der Waals surface area contributed by atoms with E-state index in [-0.39, 0.29) is 18.0 Å². The van der Waals surface area contributed by atoms with Gasteiger partial charge < -0.3 is 11.1 Å². The van der Waals surface area contributed by atoms with Crippen molar-refractivity contribution in [2.45, 2.75) is 44.8 Å². The molecule has 0 amide bonds. The van der Waals surface area contributed by atoms with Crippen LogP contribution >= 0.6 is 0 Å². The number of rotatable bonds is 4. The predicted octanol–water partition coefficient (Wildman–Crippen LogP) is 2.05. The lowest BCUT2D eigenvalue weighted by molar-refractivity contribution is -0.133. The Bertz CT molecular complexity index is 205. The van der Waals surface area contributed by atoms with Crippen molar-refractivity contribution in [3.05, 3.63) is 0 Å². The van der Waals surface area contributed by atoms with Crippen LogP contribution in [0.3, 0.4) is 0 Å². The van der Waals surface area contributed by atoms with Crippen LogP contribution in [0.4, 0.5) is 13.2 Å². The minimum atomic E-state index is -4.06. The summed E-state index contributed by atoms with van der Waals surface area (Å²) in [6.45, 7) is 2.63. The second-order valence-electron chi connectivity index (χ2n) is 4.69. The summed E-state index contributed by atoms with van der Waals surface area (Å²) >= 11 is 0. The van der Waals surface area contributed by atoms with Crippen molar-refractivity contribution in [1.82, 2.24) is 5.32 Å². The molecule has 2 nitrogen and oxygen atoms in total. The van der Waals surface area contributed by atoms with Gasteiger partial charge in [0.15, 0.2) is 0 Å². The Morgan fingerprint density at radius 3 is 2.60 bits per heavy atom. The summed E-state index contributed by atoms with van der Waals surface area (Å²) in [5.74, 6) is 0. The van der Waals surface area contributed by atoms with Crippen molar-refractivity contribution in [1.29, 1.82) is 0 Å². The molecule has 0 aromatic heterocycles. The third-order valence-electron chi connectivity index (χ3n) is 3.27. The molecular formula is C10H19F3N2. The number of nitrogens with two attached hydrogens (primary N) is 1. The molecule has 15 heavy (non-hydrogen) atoms. The predicted molar refractivity (Wildman–Crippen MR) is 53.5 cm³/mol. The fraction of sp³-hybridized carbons (Fsp3) is 1.00. The Morgan fingerprint density at radius 1 is 1.47 bits per heavy atom. The first-order valence-electron chi connectivity index (χ1n) is 5.36. The second-order valence-corrected chi connectivity index (χ2v) is 4.69. The molecule has 1 rings (SSSR count). The van der Waals surface area contributed by atoms with E-state index in [1.165, 1.54) is 0 Å². The van der Waals surface area contributed by atoms with Crippen molar-refractivity contribution >= 4 is 0 Å². The van der Waals surface area contributed by atoms with Gasteiger partial charge in [-0.3, -0.25) is 0 Å². The second kappa shape index (κ2) is 4.70. The van der Waals surface area contributed by atoms with E-state index in [1.807, 2.05) is 6.92 Å². The summed E-state index contributed by atoms with van der Waals surface area (Å²) in [5, 5.41) is 2.85. The van der Waals surface area contributed by atoms with Gasteiger partial charge in [-0.2, -0.15) is 13.2 Å². The average molecular weight is 224 g/mol. The zero-order chi connectivity index (χ0) is 11.5. The quantitative estimate of drug-likeness (QED) is 0.717. The highest BCUT2D eigenvalue weighted by molar-refractivity contribution is 4.92. The largest absolute Gasteiger partial charge is 0.390 e. The van der Waals surface area contributed by atoms with Crippen LogP contribution in [-0.2, 0) is 0 Å². The Morgan fingerprint density at radius 2 is 2.13 bits per heavy atom. The van der Waals surface area contributed by atoms with Crippen LogP contribution < -0.4 is 11.1 Å². The van der Waals surface area contributed by atoms with Crippen molar-refractivity contribution in [2.75, 3.05) is 13.1 Å². The molecule has 1 aliphatic rings. The van der Waals surface area contributed by atoms with Crippen LogP contribution in [0.1, 0.15) is 32.6 Å². The molecule has 90 valence electrons. The zero-order valence-corrected chi connectivity index (χ0v) is 9.03. The van der Waals surface area contributed by atoms with Crippen LogP contribution in [0.15, 0.2) is 0 Å². The first-order valence-corrected chi connectivity index (χ1v) is 5.36. The van der Waals surface area contributed by atoms with Crippen LogP contribution in [0.2, 0.25) is 0 Å². The fourth-order valence-electron chi connectivity index (χ4n) is 2.08. The number of hydrogen-bond donors (Lipinski definition) is 2. The fourth-order valence-corrected chi connectivity index (χ4v) is 2.08. The summed E-state index contributed by atoms with van der Waals surface area (Å²) in [7, 11) is 0. The van der Waals surface area contributed by atoms with Gasteiger partial charge in [-0.05, 0) is 18.3 Å². The molecule has 0 aromatic carbocycles. The first-order chi connectivity index (χ1) is 6.83. The SMILES string of the molecule is CC1(CNCCC(F)(F)F)CCCC1N. The van der Waals surface area contributed by atoms with Crippen LogP contribution in [0.25, 0.3) is 0 Å². The van der Waals surface area contributed by atoms with Gasteiger partial charge in [0.05, 0.1) is 6.42 Å². The van der Waals surface area contributed by atoms with Crippen LogP contribution in [-0.4, -0.2) is 25.3 Å². The highest BCUT2D eigenvalue weighted by Gasteiger charge is 2.36. The molecule has 0 saturated heterocycles. The molecule has 0 bridgehead atoms. The summed E-state index contributed by atoms with van der Waals surface area (Å²) < 4.78 is 35.6. The molecule has 0 aliphatic heterocycles.